The summed E-state index contributed by atoms with van der Waals surface area (Å²) in [4.78, 5) is 28.7. The molecule has 2 N–H and O–H groups in total. The number of nitrogens with one attached hydrogen (secondary N) is 2. The van der Waals surface area contributed by atoms with E-state index in [2.05, 4.69) is 26.6 Å². The van der Waals surface area contributed by atoms with E-state index in [-0.39, 0.29) is 12.0 Å². The van der Waals surface area contributed by atoms with Crippen LogP contribution < -0.4 is 24.8 Å². The lowest BCUT2D eigenvalue weighted by molar-refractivity contribution is 0.102. The first kappa shape index (κ1) is 27.6. The standard InChI is InChI=1S/C27H30BrN3O6S/c1-5-37-27(33)31-11-10-18-23(15-31)38-26(29-14-16-6-9-21(35-3)19(28)12-16)24(18)25(32)30-20-8-7-17(34-2)13-22(20)36-4/h6-9,12-13,29H,5,10-11,14-15H2,1-4H3,(H,30,32). The molecule has 4 rings (SSSR count). The largest absolute Gasteiger partial charge is 0.497 e. The maximum Gasteiger partial charge on any atom is 0.410 e. The third-order valence-corrected chi connectivity index (χ3v) is 7.93. The van der Waals surface area contributed by atoms with Crippen molar-refractivity contribution in [2.75, 3.05) is 45.1 Å². The van der Waals surface area contributed by atoms with Gasteiger partial charge in [0.1, 0.15) is 22.2 Å². The van der Waals surface area contributed by atoms with Gasteiger partial charge < -0.3 is 34.5 Å². The number of hydrogen-bond acceptors (Lipinski definition) is 8. The Hall–Kier alpha value is -3.44. The third-order valence-electron chi connectivity index (χ3n) is 6.14. The number of amides is 2. The van der Waals surface area contributed by atoms with Crippen LogP contribution in [0.2, 0.25) is 0 Å². The van der Waals surface area contributed by atoms with E-state index < -0.39 is 0 Å². The van der Waals surface area contributed by atoms with Gasteiger partial charge in [-0.1, -0.05) is 6.07 Å². The second-order valence-corrected chi connectivity index (χ2v) is 10.4. The van der Waals surface area contributed by atoms with Gasteiger partial charge in [0.05, 0.1) is 50.2 Å². The fourth-order valence-electron chi connectivity index (χ4n) is 4.23. The van der Waals surface area contributed by atoms with Crippen LogP contribution in [0.1, 0.15) is 33.3 Å². The monoisotopic (exact) mass is 603 g/mol. The number of nitrogens with zero attached hydrogens (tertiary/aromatic N) is 1. The summed E-state index contributed by atoms with van der Waals surface area (Å²) in [5, 5.41) is 7.18. The zero-order valence-electron chi connectivity index (χ0n) is 21.7. The molecule has 2 heterocycles. The van der Waals surface area contributed by atoms with Gasteiger partial charge in [-0.3, -0.25) is 4.79 Å². The number of benzene rings is 2. The maximum atomic E-state index is 13.7. The average Bonchev–Trinajstić information content (AvgIpc) is 3.30. The molecule has 2 amide bonds. The summed E-state index contributed by atoms with van der Waals surface area (Å²) in [5.74, 6) is 1.61. The smallest absolute Gasteiger partial charge is 0.410 e. The minimum Gasteiger partial charge on any atom is -0.497 e. The van der Waals surface area contributed by atoms with Crippen molar-refractivity contribution < 1.29 is 28.5 Å². The first-order chi connectivity index (χ1) is 18.4. The molecule has 0 atom stereocenters. The predicted octanol–water partition coefficient (Wildman–Crippen LogP) is 5.92. The molecule has 1 aliphatic rings. The SMILES string of the molecule is CCOC(=O)N1CCc2c(sc(NCc3ccc(OC)c(Br)c3)c2C(=O)Nc2ccc(OC)cc2OC)C1. The van der Waals surface area contributed by atoms with Crippen molar-refractivity contribution in [3.63, 3.8) is 0 Å². The van der Waals surface area contributed by atoms with Crippen LogP contribution in [-0.4, -0.2) is 51.4 Å². The van der Waals surface area contributed by atoms with Crippen molar-refractivity contribution in [2.24, 2.45) is 0 Å². The number of hydrogen-bond donors (Lipinski definition) is 2. The highest BCUT2D eigenvalue weighted by Gasteiger charge is 2.30. The first-order valence-corrected chi connectivity index (χ1v) is 13.6. The number of methoxy groups -OCH3 is 3. The van der Waals surface area contributed by atoms with Gasteiger partial charge in [-0.15, -0.1) is 11.3 Å². The van der Waals surface area contributed by atoms with Gasteiger partial charge in [-0.25, -0.2) is 4.79 Å². The lowest BCUT2D eigenvalue weighted by Gasteiger charge is -2.26. The first-order valence-electron chi connectivity index (χ1n) is 12.0. The normalized spacial score (nSPS) is 12.4. The van der Waals surface area contributed by atoms with Crippen LogP contribution in [-0.2, 0) is 24.2 Å². The molecule has 0 radical (unpaired) electrons. The summed E-state index contributed by atoms with van der Waals surface area (Å²) in [5.41, 5.74) is 3.05. The molecule has 1 aromatic heterocycles. The Bertz CT molecular complexity index is 1330. The Morgan fingerprint density at radius 2 is 1.84 bits per heavy atom. The van der Waals surface area contributed by atoms with Gasteiger partial charge in [0.2, 0.25) is 0 Å². The predicted molar refractivity (Wildman–Crippen MR) is 151 cm³/mol. The highest BCUT2D eigenvalue weighted by molar-refractivity contribution is 9.10. The summed E-state index contributed by atoms with van der Waals surface area (Å²) in [6.07, 6.45) is 0.196. The highest BCUT2D eigenvalue weighted by atomic mass is 79.9. The van der Waals surface area contributed by atoms with Crippen molar-refractivity contribution in [3.8, 4) is 17.2 Å². The molecule has 202 valence electrons. The molecule has 0 bridgehead atoms. The maximum absolute atomic E-state index is 13.7. The van der Waals surface area contributed by atoms with Gasteiger partial charge >= 0.3 is 6.09 Å². The number of halogens is 1. The van der Waals surface area contributed by atoms with Gasteiger partial charge in [-0.2, -0.15) is 0 Å². The molecule has 1 aliphatic heterocycles. The quantitative estimate of drug-likeness (QED) is 0.313. The molecule has 38 heavy (non-hydrogen) atoms. The van der Waals surface area contributed by atoms with Crippen molar-refractivity contribution >= 4 is 50.0 Å². The zero-order chi connectivity index (χ0) is 27.2. The molecule has 0 spiro atoms. The minimum atomic E-state index is -0.349. The van der Waals surface area contributed by atoms with Gasteiger partial charge in [0.15, 0.2) is 0 Å². The molecule has 0 aliphatic carbocycles. The van der Waals surface area contributed by atoms with Crippen molar-refractivity contribution in [1.82, 2.24) is 4.90 Å². The summed E-state index contributed by atoms with van der Waals surface area (Å²) in [7, 11) is 4.74. The Balaban J connectivity index is 1.64. The number of rotatable bonds is 9. The van der Waals surface area contributed by atoms with Crippen LogP contribution in [0.4, 0.5) is 15.5 Å². The number of fused-ring (bicyclic) bond motifs is 1. The molecule has 0 fully saturated rings. The second-order valence-electron chi connectivity index (χ2n) is 8.42. The number of carbonyl (C=O) groups is 2. The summed E-state index contributed by atoms with van der Waals surface area (Å²) < 4.78 is 22.1. The minimum absolute atomic E-state index is 0.256. The van der Waals surface area contributed by atoms with E-state index in [9.17, 15) is 9.59 Å². The number of anilines is 2. The molecule has 0 saturated heterocycles. The van der Waals surface area contributed by atoms with E-state index in [1.165, 1.54) is 11.3 Å². The fourth-order valence-corrected chi connectivity index (χ4v) is 6.07. The number of thiophene rings is 1. The fraction of sp³-hybridized carbons (Fsp3) is 0.333. The van der Waals surface area contributed by atoms with Crippen LogP contribution in [0.25, 0.3) is 0 Å². The third kappa shape index (κ3) is 5.99. The Labute approximate surface area is 234 Å². The topological polar surface area (TPSA) is 98.4 Å². The number of carbonyl (C=O) groups excluding carboxylic acids is 2. The van der Waals surface area contributed by atoms with E-state index in [0.717, 1.165) is 31.2 Å². The zero-order valence-corrected chi connectivity index (χ0v) is 24.1. The molecule has 0 saturated carbocycles. The summed E-state index contributed by atoms with van der Waals surface area (Å²) >= 11 is 5.01. The molecular formula is C27H30BrN3O6S. The lowest BCUT2D eigenvalue weighted by atomic mass is 10.0. The molecule has 3 aromatic rings. The van der Waals surface area contributed by atoms with Crippen molar-refractivity contribution in [3.05, 3.63) is 62.4 Å². The van der Waals surface area contributed by atoms with Gasteiger partial charge in [-0.05, 0) is 64.7 Å². The van der Waals surface area contributed by atoms with Crippen LogP contribution in [0.5, 0.6) is 17.2 Å². The van der Waals surface area contributed by atoms with E-state index in [4.69, 9.17) is 18.9 Å². The molecular weight excluding hydrogens is 574 g/mol. The van der Waals surface area contributed by atoms with E-state index in [1.807, 2.05) is 18.2 Å². The van der Waals surface area contributed by atoms with Crippen LogP contribution in [0.3, 0.4) is 0 Å². The van der Waals surface area contributed by atoms with E-state index >= 15 is 0 Å². The van der Waals surface area contributed by atoms with E-state index in [0.29, 0.717) is 55.4 Å². The Morgan fingerprint density at radius 1 is 1.05 bits per heavy atom. The lowest BCUT2D eigenvalue weighted by Crippen LogP contribution is -2.36. The molecule has 0 unspecified atom stereocenters. The number of ether oxygens (including phenoxy) is 4. The highest BCUT2D eigenvalue weighted by Crippen LogP contribution is 2.39. The Morgan fingerprint density at radius 3 is 2.53 bits per heavy atom. The van der Waals surface area contributed by atoms with Crippen LogP contribution >= 0.6 is 27.3 Å². The van der Waals surface area contributed by atoms with Crippen LogP contribution in [0, 0.1) is 0 Å². The summed E-state index contributed by atoms with van der Waals surface area (Å²) in [6, 6.07) is 11.1. The molecule has 9 nitrogen and oxygen atoms in total. The molecule has 2 aromatic carbocycles. The van der Waals surface area contributed by atoms with Gasteiger partial charge in [0, 0.05) is 24.0 Å². The van der Waals surface area contributed by atoms with E-state index in [1.54, 1.807) is 51.4 Å². The van der Waals surface area contributed by atoms with Gasteiger partial charge in [0.25, 0.3) is 5.91 Å². The van der Waals surface area contributed by atoms with Crippen molar-refractivity contribution in [2.45, 2.75) is 26.4 Å². The van der Waals surface area contributed by atoms with Crippen LogP contribution in [0.15, 0.2) is 40.9 Å². The second kappa shape index (κ2) is 12.4. The summed E-state index contributed by atoms with van der Waals surface area (Å²) in [6.45, 7) is 3.46. The van der Waals surface area contributed by atoms with Crippen molar-refractivity contribution in [1.29, 1.82) is 0 Å². The Kier molecular flexibility index (Phi) is 9.01. The average molecular weight is 605 g/mol. The molecule has 11 heteroatoms.